The van der Waals surface area contributed by atoms with Gasteiger partial charge in [-0.25, -0.2) is 0 Å². The maximum absolute atomic E-state index is 12.4. The number of carbonyl (C=O) groups excluding carboxylic acids is 1. The average molecular weight is 232 g/mol. The second kappa shape index (κ2) is 4.55. The van der Waals surface area contributed by atoms with Gasteiger partial charge in [-0.15, -0.1) is 0 Å². The molecule has 1 aromatic carbocycles. The first-order valence-electron chi connectivity index (χ1n) is 4.70. The zero-order valence-corrected chi connectivity index (χ0v) is 8.58. The van der Waals surface area contributed by atoms with Crippen LogP contribution in [0.1, 0.15) is 30.4 Å². The summed E-state index contributed by atoms with van der Waals surface area (Å²) in [5.41, 5.74) is -0.926. The van der Waals surface area contributed by atoms with E-state index in [2.05, 4.69) is 0 Å². The third-order valence-corrected chi connectivity index (χ3v) is 2.35. The van der Waals surface area contributed by atoms with Crippen molar-refractivity contribution < 1.29 is 23.1 Å². The molecule has 1 unspecified atom stereocenters. The van der Waals surface area contributed by atoms with Crippen LogP contribution in [0.2, 0.25) is 0 Å². The molecule has 0 bridgehead atoms. The van der Waals surface area contributed by atoms with Crippen LogP contribution >= 0.6 is 0 Å². The molecule has 1 aromatic rings. The van der Waals surface area contributed by atoms with Crippen LogP contribution < -0.4 is 0 Å². The first kappa shape index (κ1) is 12.5. The third kappa shape index (κ3) is 2.53. The molecular weight excluding hydrogens is 221 g/mol. The highest BCUT2D eigenvalue weighted by Crippen LogP contribution is 2.39. The number of aldehydes is 1. The van der Waals surface area contributed by atoms with Gasteiger partial charge in [-0.3, -0.25) is 0 Å². The molecule has 0 saturated heterocycles. The first-order valence-corrected chi connectivity index (χ1v) is 4.70. The summed E-state index contributed by atoms with van der Waals surface area (Å²) in [5.74, 6) is -1.22. The molecule has 0 aliphatic carbocycles. The molecule has 0 amide bonds. The lowest BCUT2D eigenvalue weighted by Crippen LogP contribution is -2.07. The Balaban J connectivity index is 3.18. The molecule has 0 radical (unpaired) electrons. The minimum atomic E-state index is -4.58. The number of aromatic hydroxyl groups is 1. The van der Waals surface area contributed by atoms with Crippen molar-refractivity contribution in [3.8, 4) is 5.75 Å². The van der Waals surface area contributed by atoms with Crippen LogP contribution in [-0.2, 0) is 11.0 Å². The van der Waals surface area contributed by atoms with Crippen molar-refractivity contribution in [2.24, 2.45) is 0 Å². The number of phenols is 1. The Kier molecular flexibility index (Phi) is 3.57. The van der Waals surface area contributed by atoms with E-state index in [1.54, 1.807) is 6.92 Å². The third-order valence-electron chi connectivity index (χ3n) is 2.35. The highest BCUT2D eigenvalue weighted by atomic mass is 19.4. The molecule has 0 saturated carbocycles. The Hall–Kier alpha value is -1.52. The highest BCUT2D eigenvalue weighted by Gasteiger charge is 2.34. The zero-order valence-electron chi connectivity index (χ0n) is 8.58. The predicted molar refractivity (Wildman–Crippen MR) is 52.2 cm³/mol. The Morgan fingerprint density at radius 3 is 2.56 bits per heavy atom. The van der Waals surface area contributed by atoms with Crippen LogP contribution in [0, 0.1) is 0 Å². The zero-order chi connectivity index (χ0) is 12.3. The minimum Gasteiger partial charge on any atom is -0.507 e. The number of rotatable bonds is 3. The molecule has 0 aliphatic heterocycles. The maximum Gasteiger partial charge on any atom is 0.419 e. The molecule has 0 fully saturated rings. The van der Waals surface area contributed by atoms with Gasteiger partial charge in [0.25, 0.3) is 0 Å². The average Bonchev–Trinajstić information content (AvgIpc) is 2.16. The molecule has 0 heterocycles. The summed E-state index contributed by atoms with van der Waals surface area (Å²) in [6, 6.07) is 3.42. The highest BCUT2D eigenvalue weighted by molar-refractivity contribution is 5.53. The van der Waals surface area contributed by atoms with Crippen molar-refractivity contribution in [2.75, 3.05) is 0 Å². The number of phenolic OH excluding ortho intramolecular Hbond substituents is 1. The van der Waals surface area contributed by atoms with E-state index in [0.29, 0.717) is 6.29 Å². The fraction of sp³-hybridized carbons (Fsp3) is 0.364. The quantitative estimate of drug-likeness (QED) is 0.813. The smallest absolute Gasteiger partial charge is 0.419 e. The molecule has 88 valence electrons. The van der Waals surface area contributed by atoms with Crippen molar-refractivity contribution in [1.82, 2.24) is 0 Å². The van der Waals surface area contributed by atoms with E-state index in [9.17, 15) is 23.1 Å². The van der Waals surface area contributed by atoms with Crippen LogP contribution in [0.15, 0.2) is 18.2 Å². The number of benzene rings is 1. The van der Waals surface area contributed by atoms with E-state index in [4.69, 9.17) is 0 Å². The van der Waals surface area contributed by atoms with Gasteiger partial charge in [-0.1, -0.05) is 19.1 Å². The van der Waals surface area contributed by atoms with Crippen LogP contribution in [0.3, 0.4) is 0 Å². The van der Waals surface area contributed by atoms with Gasteiger partial charge in [-0.05, 0) is 17.5 Å². The van der Waals surface area contributed by atoms with Gasteiger partial charge in [0, 0.05) is 6.42 Å². The van der Waals surface area contributed by atoms with Crippen molar-refractivity contribution in [1.29, 1.82) is 0 Å². The molecule has 16 heavy (non-hydrogen) atoms. The molecule has 2 nitrogen and oxygen atoms in total. The summed E-state index contributed by atoms with van der Waals surface area (Å²) in [6.07, 6.45) is -3.89. The summed E-state index contributed by atoms with van der Waals surface area (Å²) in [6.45, 7) is 1.59. The van der Waals surface area contributed by atoms with E-state index in [1.807, 2.05) is 0 Å². The van der Waals surface area contributed by atoms with E-state index < -0.39 is 23.4 Å². The standard InChI is InChI=1S/C11H11F3O2/c1-7(5-6-15)8-3-2-4-9(10(8)16)11(12,13)14/h2-4,6-7,16H,5H2,1H3. The molecule has 1 rings (SSSR count). The second-order valence-corrected chi connectivity index (χ2v) is 3.54. The van der Waals surface area contributed by atoms with Gasteiger partial charge < -0.3 is 9.90 Å². The summed E-state index contributed by atoms with van der Waals surface area (Å²) in [7, 11) is 0. The Morgan fingerprint density at radius 2 is 2.06 bits per heavy atom. The molecule has 0 aliphatic rings. The van der Waals surface area contributed by atoms with E-state index >= 15 is 0 Å². The van der Waals surface area contributed by atoms with Crippen molar-refractivity contribution in [3.63, 3.8) is 0 Å². The summed E-state index contributed by atoms with van der Waals surface area (Å²) < 4.78 is 37.3. The first-order chi connectivity index (χ1) is 7.38. The van der Waals surface area contributed by atoms with Crippen LogP contribution in [-0.4, -0.2) is 11.4 Å². The molecular formula is C11H11F3O2. The van der Waals surface area contributed by atoms with Gasteiger partial charge >= 0.3 is 6.18 Å². The summed E-state index contributed by atoms with van der Waals surface area (Å²) >= 11 is 0. The van der Waals surface area contributed by atoms with Crippen molar-refractivity contribution >= 4 is 6.29 Å². The molecule has 0 spiro atoms. The number of halogens is 3. The topological polar surface area (TPSA) is 37.3 Å². The Labute approximate surface area is 90.7 Å². The SMILES string of the molecule is CC(CC=O)c1cccc(C(F)(F)F)c1O. The normalized spacial score (nSPS) is 13.5. The molecule has 5 heteroatoms. The number of alkyl halides is 3. The predicted octanol–water partition coefficient (Wildman–Crippen LogP) is 3.10. The van der Waals surface area contributed by atoms with Crippen LogP contribution in [0.5, 0.6) is 5.75 Å². The van der Waals surface area contributed by atoms with Crippen LogP contribution in [0.4, 0.5) is 13.2 Å². The number of para-hydroxylation sites is 1. The largest absolute Gasteiger partial charge is 0.507 e. The second-order valence-electron chi connectivity index (χ2n) is 3.54. The van der Waals surface area contributed by atoms with E-state index in [1.165, 1.54) is 12.1 Å². The van der Waals surface area contributed by atoms with Gasteiger partial charge in [0.1, 0.15) is 12.0 Å². The molecule has 1 atom stereocenters. The fourth-order valence-corrected chi connectivity index (χ4v) is 1.46. The summed E-state index contributed by atoms with van der Waals surface area (Å²) in [5, 5.41) is 9.49. The van der Waals surface area contributed by atoms with Gasteiger partial charge in [-0.2, -0.15) is 13.2 Å². The van der Waals surface area contributed by atoms with Gasteiger partial charge in [0.05, 0.1) is 5.56 Å². The van der Waals surface area contributed by atoms with Crippen molar-refractivity contribution in [2.45, 2.75) is 25.4 Å². The van der Waals surface area contributed by atoms with Gasteiger partial charge in [0.2, 0.25) is 0 Å². The number of hydrogen-bond donors (Lipinski definition) is 1. The number of carbonyl (C=O) groups is 1. The minimum absolute atomic E-state index is 0.0782. The fourth-order valence-electron chi connectivity index (χ4n) is 1.46. The molecule has 0 aromatic heterocycles. The Morgan fingerprint density at radius 1 is 1.44 bits per heavy atom. The maximum atomic E-state index is 12.4. The van der Waals surface area contributed by atoms with E-state index in [-0.39, 0.29) is 12.0 Å². The van der Waals surface area contributed by atoms with Crippen molar-refractivity contribution in [3.05, 3.63) is 29.3 Å². The Bertz CT molecular complexity index is 385. The van der Waals surface area contributed by atoms with Crippen LogP contribution in [0.25, 0.3) is 0 Å². The lowest BCUT2D eigenvalue weighted by molar-refractivity contribution is -0.138. The van der Waals surface area contributed by atoms with Gasteiger partial charge in [0.15, 0.2) is 0 Å². The van der Waals surface area contributed by atoms with E-state index in [0.717, 1.165) is 6.07 Å². The molecule has 1 N–H and O–H groups in total. The number of hydrogen-bond acceptors (Lipinski definition) is 2. The lowest BCUT2D eigenvalue weighted by Gasteiger charge is -2.15. The monoisotopic (exact) mass is 232 g/mol. The summed E-state index contributed by atoms with van der Waals surface area (Å²) in [4.78, 5) is 10.3. The lowest BCUT2D eigenvalue weighted by atomic mass is 9.95.